The van der Waals surface area contributed by atoms with E-state index in [1.807, 2.05) is 11.4 Å². The third kappa shape index (κ3) is 2.76. The molecule has 1 amide bonds. The SMILES string of the molecule is NC(=O)c1csc(CNC2CCCc3ccccc32)c1. The Balaban J connectivity index is 1.68. The highest BCUT2D eigenvalue weighted by atomic mass is 32.1. The predicted molar refractivity (Wildman–Crippen MR) is 81.8 cm³/mol. The summed E-state index contributed by atoms with van der Waals surface area (Å²) >= 11 is 1.58. The molecule has 0 saturated heterocycles. The van der Waals surface area contributed by atoms with Gasteiger partial charge >= 0.3 is 0 Å². The van der Waals surface area contributed by atoms with Crippen molar-refractivity contribution >= 4 is 17.2 Å². The molecule has 1 aliphatic carbocycles. The molecule has 0 aliphatic heterocycles. The first-order valence-corrected chi connectivity index (χ1v) is 7.80. The third-order valence-electron chi connectivity index (χ3n) is 3.83. The zero-order valence-corrected chi connectivity index (χ0v) is 12.1. The summed E-state index contributed by atoms with van der Waals surface area (Å²) in [5, 5.41) is 5.43. The Labute approximate surface area is 122 Å². The Morgan fingerprint density at radius 2 is 2.25 bits per heavy atom. The number of carbonyl (C=O) groups excluding carboxylic acids is 1. The van der Waals surface area contributed by atoms with Gasteiger partial charge in [-0.3, -0.25) is 4.79 Å². The Hall–Kier alpha value is -1.65. The summed E-state index contributed by atoms with van der Waals surface area (Å²) in [5.41, 5.74) is 8.76. The highest BCUT2D eigenvalue weighted by Crippen LogP contribution is 2.30. The number of rotatable bonds is 4. The second-order valence-electron chi connectivity index (χ2n) is 5.19. The molecule has 0 saturated carbocycles. The molecule has 3 nitrogen and oxygen atoms in total. The third-order valence-corrected chi connectivity index (χ3v) is 4.77. The molecule has 0 spiro atoms. The molecule has 20 heavy (non-hydrogen) atoms. The lowest BCUT2D eigenvalue weighted by Crippen LogP contribution is -2.24. The Morgan fingerprint density at radius 3 is 3.05 bits per heavy atom. The maximum Gasteiger partial charge on any atom is 0.249 e. The van der Waals surface area contributed by atoms with Gasteiger partial charge in [-0.15, -0.1) is 11.3 Å². The van der Waals surface area contributed by atoms with Gasteiger partial charge in [0.25, 0.3) is 0 Å². The second-order valence-corrected chi connectivity index (χ2v) is 6.19. The summed E-state index contributed by atoms with van der Waals surface area (Å²) in [4.78, 5) is 12.2. The molecule has 4 heteroatoms. The van der Waals surface area contributed by atoms with E-state index in [1.54, 1.807) is 11.3 Å². The number of benzene rings is 1. The van der Waals surface area contributed by atoms with Crippen molar-refractivity contribution in [2.24, 2.45) is 5.73 Å². The van der Waals surface area contributed by atoms with E-state index in [9.17, 15) is 4.79 Å². The predicted octanol–water partition coefficient (Wildman–Crippen LogP) is 3.01. The summed E-state index contributed by atoms with van der Waals surface area (Å²) in [5.74, 6) is -0.351. The maximum absolute atomic E-state index is 11.1. The van der Waals surface area contributed by atoms with Gasteiger partial charge in [-0.25, -0.2) is 0 Å². The molecule has 1 atom stereocenters. The van der Waals surface area contributed by atoms with Gasteiger partial charge in [-0.05, 0) is 36.5 Å². The molecular formula is C16H18N2OS. The molecule has 1 unspecified atom stereocenters. The van der Waals surface area contributed by atoms with Crippen LogP contribution in [0.5, 0.6) is 0 Å². The summed E-state index contributed by atoms with van der Waals surface area (Å²) in [6, 6.07) is 11.0. The summed E-state index contributed by atoms with van der Waals surface area (Å²) in [6.07, 6.45) is 3.58. The van der Waals surface area contributed by atoms with E-state index in [0.29, 0.717) is 11.6 Å². The largest absolute Gasteiger partial charge is 0.366 e. The smallest absolute Gasteiger partial charge is 0.249 e. The standard InChI is InChI=1S/C16H18N2OS/c17-16(19)12-8-13(20-10-12)9-18-15-7-3-5-11-4-1-2-6-14(11)15/h1-2,4,6,8,10,15,18H,3,5,7,9H2,(H2,17,19). The number of thiophene rings is 1. The lowest BCUT2D eigenvalue weighted by atomic mass is 9.88. The number of primary amides is 1. The Kier molecular flexibility index (Phi) is 3.85. The van der Waals surface area contributed by atoms with Crippen LogP contribution in [-0.2, 0) is 13.0 Å². The van der Waals surface area contributed by atoms with Gasteiger partial charge < -0.3 is 11.1 Å². The second kappa shape index (κ2) is 5.77. The van der Waals surface area contributed by atoms with Crippen LogP contribution >= 0.6 is 11.3 Å². The van der Waals surface area contributed by atoms with Gasteiger partial charge in [0.15, 0.2) is 0 Å². The van der Waals surface area contributed by atoms with Gasteiger partial charge in [0.2, 0.25) is 5.91 Å². The van der Waals surface area contributed by atoms with Gasteiger partial charge in [0.1, 0.15) is 0 Å². The van der Waals surface area contributed by atoms with Crippen LogP contribution in [0.4, 0.5) is 0 Å². The van der Waals surface area contributed by atoms with E-state index >= 15 is 0 Å². The van der Waals surface area contributed by atoms with Crippen molar-refractivity contribution in [2.45, 2.75) is 31.8 Å². The number of hydrogen-bond donors (Lipinski definition) is 2. The molecule has 0 bridgehead atoms. The average molecular weight is 286 g/mol. The van der Waals surface area contributed by atoms with E-state index in [0.717, 1.165) is 11.4 Å². The van der Waals surface area contributed by atoms with Crippen LogP contribution in [0.3, 0.4) is 0 Å². The van der Waals surface area contributed by atoms with Gasteiger partial charge in [-0.1, -0.05) is 24.3 Å². The number of nitrogens with one attached hydrogen (secondary N) is 1. The van der Waals surface area contributed by atoms with Crippen LogP contribution in [0.2, 0.25) is 0 Å². The van der Waals surface area contributed by atoms with Crippen LogP contribution in [0.15, 0.2) is 35.7 Å². The fourth-order valence-electron chi connectivity index (χ4n) is 2.79. The summed E-state index contributed by atoms with van der Waals surface area (Å²) in [6.45, 7) is 0.789. The van der Waals surface area contributed by atoms with Crippen molar-refractivity contribution in [2.75, 3.05) is 0 Å². The molecule has 0 radical (unpaired) electrons. The number of carbonyl (C=O) groups is 1. The number of amides is 1. The average Bonchev–Trinajstić information content (AvgIpc) is 2.94. The van der Waals surface area contributed by atoms with Crippen molar-refractivity contribution in [3.63, 3.8) is 0 Å². The highest BCUT2D eigenvalue weighted by Gasteiger charge is 2.19. The van der Waals surface area contributed by atoms with Crippen molar-refractivity contribution in [1.82, 2.24) is 5.32 Å². The van der Waals surface area contributed by atoms with Gasteiger partial charge in [0.05, 0.1) is 5.56 Å². The minimum absolute atomic E-state index is 0.351. The summed E-state index contributed by atoms with van der Waals surface area (Å²) < 4.78 is 0. The zero-order valence-electron chi connectivity index (χ0n) is 11.3. The van der Waals surface area contributed by atoms with Gasteiger partial charge in [0, 0.05) is 22.8 Å². The van der Waals surface area contributed by atoms with E-state index in [-0.39, 0.29) is 5.91 Å². The summed E-state index contributed by atoms with van der Waals surface area (Å²) in [7, 11) is 0. The number of nitrogens with two attached hydrogens (primary N) is 1. The minimum atomic E-state index is -0.351. The lowest BCUT2D eigenvalue weighted by Gasteiger charge is -2.26. The van der Waals surface area contributed by atoms with Gasteiger partial charge in [-0.2, -0.15) is 0 Å². The molecule has 1 aliphatic rings. The molecular weight excluding hydrogens is 268 g/mol. The van der Waals surface area contributed by atoms with Crippen molar-refractivity contribution in [3.8, 4) is 0 Å². The molecule has 2 aromatic rings. The quantitative estimate of drug-likeness (QED) is 0.907. The number of fused-ring (bicyclic) bond motifs is 1. The topological polar surface area (TPSA) is 55.1 Å². The molecule has 1 aromatic heterocycles. The van der Waals surface area contributed by atoms with Crippen molar-refractivity contribution < 1.29 is 4.79 Å². The molecule has 1 aromatic carbocycles. The van der Waals surface area contributed by atoms with E-state index in [1.165, 1.54) is 30.4 Å². The number of aryl methyl sites for hydroxylation is 1. The van der Waals surface area contributed by atoms with Crippen molar-refractivity contribution in [3.05, 3.63) is 57.3 Å². The highest BCUT2D eigenvalue weighted by molar-refractivity contribution is 7.10. The van der Waals surface area contributed by atoms with Crippen LogP contribution < -0.4 is 11.1 Å². The van der Waals surface area contributed by atoms with E-state index in [2.05, 4.69) is 29.6 Å². The first-order chi connectivity index (χ1) is 9.74. The maximum atomic E-state index is 11.1. The van der Waals surface area contributed by atoms with E-state index < -0.39 is 0 Å². The van der Waals surface area contributed by atoms with Crippen LogP contribution in [0.1, 0.15) is 45.2 Å². The molecule has 3 rings (SSSR count). The monoisotopic (exact) mass is 286 g/mol. The molecule has 3 N–H and O–H groups in total. The Morgan fingerprint density at radius 1 is 1.40 bits per heavy atom. The Bertz CT molecular complexity index is 620. The van der Waals surface area contributed by atoms with Crippen LogP contribution in [0.25, 0.3) is 0 Å². The fraction of sp³-hybridized carbons (Fsp3) is 0.312. The normalized spacial score (nSPS) is 17.7. The van der Waals surface area contributed by atoms with Crippen molar-refractivity contribution in [1.29, 1.82) is 0 Å². The molecule has 0 fully saturated rings. The first-order valence-electron chi connectivity index (χ1n) is 6.92. The van der Waals surface area contributed by atoms with E-state index in [4.69, 9.17) is 5.73 Å². The zero-order chi connectivity index (χ0) is 13.9. The lowest BCUT2D eigenvalue weighted by molar-refractivity contribution is 0.100. The number of hydrogen-bond acceptors (Lipinski definition) is 3. The fourth-order valence-corrected chi connectivity index (χ4v) is 3.62. The first kappa shape index (κ1) is 13.3. The minimum Gasteiger partial charge on any atom is -0.366 e. The van der Waals surface area contributed by atoms with Crippen LogP contribution in [0, 0.1) is 0 Å². The molecule has 1 heterocycles. The van der Waals surface area contributed by atoms with Crippen LogP contribution in [-0.4, -0.2) is 5.91 Å². The molecule has 104 valence electrons.